The SMILES string of the molecule is Cn1ccc(C(NC2CNCc3nccn3C2)c2ccc(F)cc2)n1. The van der Waals surface area contributed by atoms with Crippen LogP contribution in [0.3, 0.4) is 0 Å². The average Bonchev–Trinajstić information content (AvgIpc) is 3.18. The van der Waals surface area contributed by atoms with Crippen molar-refractivity contribution in [1.82, 2.24) is 30.0 Å². The summed E-state index contributed by atoms with van der Waals surface area (Å²) in [5.74, 6) is 0.808. The number of hydrogen-bond acceptors (Lipinski definition) is 4. The quantitative estimate of drug-likeness (QED) is 0.758. The predicted molar refractivity (Wildman–Crippen MR) is 92.3 cm³/mol. The molecule has 3 heterocycles. The molecule has 1 aliphatic rings. The van der Waals surface area contributed by atoms with Crippen molar-refractivity contribution in [3.8, 4) is 0 Å². The van der Waals surface area contributed by atoms with Crippen LogP contribution in [0.25, 0.3) is 0 Å². The Hall–Kier alpha value is -2.51. The topological polar surface area (TPSA) is 59.7 Å². The zero-order valence-electron chi connectivity index (χ0n) is 14.1. The summed E-state index contributed by atoms with van der Waals surface area (Å²) in [5.41, 5.74) is 1.92. The average molecular weight is 340 g/mol. The molecule has 0 fully saturated rings. The zero-order chi connectivity index (χ0) is 17.2. The molecule has 1 aromatic carbocycles. The standard InChI is InChI=1S/C18H21FN6/c1-24-8-6-16(23-24)18(13-2-4-14(19)5-3-13)22-15-10-20-11-17-21-7-9-25(17)12-15/h2-9,15,18,20,22H,10-12H2,1H3. The van der Waals surface area contributed by atoms with E-state index in [1.165, 1.54) is 12.1 Å². The maximum Gasteiger partial charge on any atom is 0.123 e. The van der Waals surface area contributed by atoms with Gasteiger partial charge in [0.1, 0.15) is 11.6 Å². The van der Waals surface area contributed by atoms with Crippen molar-refractivity contribution in [2.24, 2.45) is 7.05 Å². The first kappa shape index (κ1) is 16.0. The number of benzene rings is 1. The van der Waals surface area contributed by atoms with Gasteiger partial charge in [-0.1, -0.05) is 12.1 Å². The molecular formula is C18H21FN6. The van der Waals surface area contributed by atoms with Crippen molar-refractivity contribution < 1.29 is 4.39 Å². The summed E-state index contributed by atoms with van der Waals surface area (Å²) >= 11 is 0. The first-order valence-electron chi connectivity index (χ1n) is 8.41. The number of aryl methyl sites for hydroxylation is 1. The van der Waals surface area contributed by atoms with E-state index in [9.17, 15) is 4.39 Å². The Kier molecular flexibility index (Phi) is 4.33. The number of nitrogens with zero attached hydrogens (tertiary/aromatic N) is 4. The molecule has 0 spiro atoms. The van der Waals surface area contributed by atoms with Gasteiger partial charge < -0.3 is 9.88 Å². The minimum Gasteiger partial charge on any atom is -0.332 e. The molecule has 2 N–H and O–H groups in total. The van der Waals surface area contributed by atoms with E-state index >= 15 is 0 Å². The predicted octanol–water partition coefficient (Wildman–Crippen LogP) is 1.61. The van der Waals surface area contributed by atoms with Gasteiger partial charge in [-0.15, -0.1) is 0 Å². The molecular weight excluding hydrogens is 319 g/mol. The summed E-state index contributed by atoms with van der Waals surface area (Å²) in [4.78, 5) is 4.38. The van der Waals surface area contributed by atoms with Crippen molar-refractivity contribution in [3.05, 3.63) is 71.8 Å². The first-order valence-corrected chi connectivity index (χ1v) is 8.41. The van der Waals surface area contributed by atoms with Gasteiger partial charge in [0.25, 0.3) is 0 Å². The van der Waals surface area contributed by atoms with E-state index in [-0.39, 0.29) is 17.9 Å². The molecule has 2 atom stereocenters. The van der Waals surface area contributed by atoms with E-state index in [2.05, 4.69) is 25.3 Å². The molecule has 0 aliphatic carbocycles. The van der Waals surface area contributed by atoms with Crippen LogP contribution in [0.5, 0.6) is 0 Å². The Morgan fingerprint density at radius 3 is 2.84 bits per heavy atom. The molecule has 7 heteroatoms. The Morgan fingerprint density at radius 1 is 1.24 bits per heavy atom. The van der Waals surface area contributed by atoms with Crippen LogP contribution < -0.4 is 10.6 Å². The van der Waals surface area contributed by atoms with Crippen LogP contribution in [0.4, 0.5) is 4.39 Å². The van der Waals surface area contributed by atoms with Gasteiger partial charge in [-0.2, -0.15) is 5.10 Å². The Balaban J connectivity index is 1.61. The number of imidazole rings is 1. The minimum atomic E-state index is -0.234. The monoisotopic (exact) mass is 340 g/mol. The number of nitrogens with one attached hydrogen (secondary N) is 2. The van der Waals surface area contributed by atoms with Gasteiger partial charge in [-0.25, -0.2) is 9.37 Å². The maximum absolute atomic E-state index is 13.3. The second-order valence-electron chi connectivity index (χ2n) is 6.39. The smallest absolute Gasteiger partial charge is 0.123 e. The second-order valence-corrected chi connectivity index (χ2v) is 6.39. The third-order valence-electron chi connectivity index (χ3n) is 4.53. The van der Waals surface area contributed by atoms with E-state index in [0.717, 1.165) is 36.7 Å². The molecule has 4 rings (SSSR count). The fourth-order valence-corrected chi connectivity index (χ4v) is 3.28. The lowest BCUT2D eigenvalue weighted by atomic mass is 10.0. The fraction of sp³-hybridized carbons (Fsp3) is 0.333. The zero-order valence-corrected chi connectivity index (χ0v) is 14.1. The van der Waals surface area contributed by atoms with Crippen molar-refractivity contribution in [2.45, 2.75) is 25.2 Å². The fourth-order valence-electron chi connectivity index (χ4n) is 3.28. The Morgan fingerprint density at radius 2 is 2.08 bits per heavy atom. The summed E-state index contributed by atoms with van der Waals surface area (Å²) in [6.45, 7) is 2.41. The molecule has 0 saturated carbocycles. The molecule has 2 unspecified atom stereocenters. The van der Waals surface area contributed by atoms with Crippen LogP contribution in [0.15, 0.2) is 48.9 Å². The molecule has 130 valence electrons. The van der Waals surface area contributed by atoms with Crippen molar-refractivity contribution in [2.75, 3.05) is 6.54 Å². The molecule has 0 saturated heterocycles. The van der Waals surface area contributed by atoms with Gasteiger partial charge in [-0.05, 0) is 23.8 Å². The van der Waals surface area contributed by atoms with Crippen molar-refractivity contribution in [1.29, 1.82) is 0 Å². The highest BCUT2D eigenvalue weighted by Gasteiger charge is 2.23. The highest BCUT2D eigenvalue weighted by Crippen LogP contribution is 2.22. The van der Waals surface area contributed by atoms with Gasteiger partial charge in [-0.3, -0.25) is 10.00 Å². The van der Waals surface area contributed by atoms with Crippen LogP contribution in [0.1, 0.15) is 23.1 Å². The van der Waals surface area contributed by atoms with Gasteiger partial charge >= 0.3 is 0 Å². The first-order chi connectivity index (χ1) is 12.2. The normalized spacial score (nSPS) is 18.6. The van der Waals surface area contributed by atoms with Crippen molar-refractivity contribution >= 4 is 0 Å². The summed E-state index contributed by atoms with van der Waals surface area (Å²) < 4.78 is 17.3. The van der Waals surface area contributed by atoms with Crippen LogP contribution in [0, 0.1) is 5.82 Å². The highest BCUT2D eigenvalue weighted by atomic mass is 19.1. The van der Waals surface area contributed by atoms with Gasteiger partial charge in [0, 0.05) is 44.8 Å². The molecule has 0 bridgehead atoms. The number of halogens is 1. The number of hydrogen-bond donors (Lipinski definition) is 2. The van der Waals surface area contributed by atoms with Crippen LogP contribution in [0.2, 0.25) is 0 Å². The largest absolute Gasteiger partial charge is 0.332 e. The second kappa shape index (κ2) is 6.78. The lowest BCUT2D eigenvalue weighted by Gasteiger charge is -2.24. The lowest BCUT2D eigenvalue weighted by Crippen LogP contribution is -2.42. The third-order valence-corrected chi connectivity index (χ3v) is 4.53. The van der Waals surface area contributed by atoms with E-state index in [0.29, 0.717) is 0 Å². The molecule has 2 aromatic heterocycles. The van der Waals surface area contributed by atoms with E-state index in [4.69, 9.17) is 0 Å². The van der Waals surface area contributed by atoms with Gasteiger partial charge in [0.15, 0.2) is 0 Å². The Bertz CT molecular complexity index is 837. The Labute approximate surface area is 145 Å². The number of aromatic nitrogens is 4. The van der Waals surface area contributed by atoms with Crippen molar-refractivity contribution in [3.63, 3.8) is 0 Å². The molecule has 0 amide bonds. The number of fused-ring (bicyclic) bond motifs is 1. The van der Waals surface area contributed by atoms with E-state index < -0.39 is 0 Å². The third kappa shape index (κ3) is 3.47. The molecule has 1 aliphatic heterocycles. The van der Waals surface area contributed by atoms with Crippen LogP contribution >= 0.6 is 0 Å². The summed E-state index contributed by atoms with van der Waals surface area (Å²) in [6, 6.07) is 8.71. The van der Waals surface area contributed by atoms with Gasteiger partial charge in [0.05, 0.1) is 18.3 Å². The van der Waals surface area contributed by atoms with Gasteiger partial charge in [0.2, 0.25) is 0 Å². The molecule has 6 nitrogen and oxygen atoms in total. The minimum absolute atomic E-state index is 0.0985. The molecule has 3 aromatic rings. The van der Waals surface area contributed by atoms with E-state index in [1.807, 2.05) is 43.8 Å². The maximum atomic E-state index is 13.3. The molecule has 0 radical (unpaired) electrons. The lowest BCUT2D eigenvalue weighted by molar-refractivity contribution is 0.411. The summed E-state index contributed by atoms with van der Waals surface area (Å²) in [6.07, 6.45) is 5.76. The van der Waals surface area contributed by atoms with E-state index in [1.54, 1.807) is 4.68 Å². The van der Waals surface area contributed by atoms with Crippen LogP contribution in [-0.4, -0.2) is 31.9 Å². The summed E-state index contributed by atoms with van der Waals surface area (Å²) in [5, 5.41) is 11.7. The number of rotatable bonds is 4. The van der Waals surface area contributed by atoms with Crippen LogP contribution in [-0.2, 0) is 20.1 Å². The summed E-state index contributed by atoms with van der Waals surface area (Å²) in [7, 11) is 1.90. The highest BCUT2D eigenvalue weighted by molar-refractivity contribution is 5.28. The molecule has 25 heavy (non-hydrogen) atoms.